The second kappa shape index (κ2) is 4.41. The van der Waals surface area contributed by atoms with E-state index in [-0.39, 0.29) is 5.92 Å². The highest BCUT2D eigenvalue weighted by molar-refractivity contribution is 6.30. The standard InChI is InChI=1S/C13H12ClN3/c14-13-12(16-7-8-17-13)10-5-1-3-9-4-2-6-15-11(9)10/h2,4,6-8,10H,1,3,5H2. The Bertz CT molecular complexity index is 542. The Balaban J connectivity index is 2.09. The van der Waals surface area contributed by atoms with Crippen LogP contribution in [-0.2, 0) is 6.42 Å². The lowest BCUT2D eigenvalue weighted by Gasteiger charge is -2.23. The molecule has 0 amide bonds. The number of aromatic nitrogens is 3. The molecular formula is C13H12ClN3. The van der Waals surface area contributed by atoms with Crippen LogP contribution in [0.5, 0.6) is 0 Å². The maximum Gasteiger partial charge on any atom is 0.151 e. The number of nitrogens with zero attached hydrogens (tertiary/aromatic N) is 3. The zero-order valence-corrected chi connectivity index (χ0v) is 10.1. The van der Waals surface area contributed by atoms with Crippen LogP contribution in [0.4, 0.5) is 0 Å². The lowest BCUT2D eigenvalue weighted by molar-refractivity contribution is 0.586. The quantitative estimate of drug-likeness (QED) is 0.775. The van der Waals surface area contributed by atoms with Crippen LogP contribution < -0.4 is 0 Å². The summed E-state index contributed by atoms with van der Waals surface area (Å²) in [6.07, 6.45) is 8.43. The molecule has 2 aromatic heterocycles. The van der Waals surface area contributed by atoms with Gasteiger partial charge < -0.3 is 0 Å². The van der Waals surface area contributed by atoms with Crippen LogP contribution in [0.25, 0.3) is 0 Å². The Morgan fingerprint density at radius 1 is 1.06 bits per heavy atom. The first kappa shape index (κ1) is 10.7. The summed E-state index contributed by atoms with van der Waals surface area (Å²) in [6, 6.07) is 4.12. The smallest absolute Gasteiger partial charge is 0.151 e. The summed E-state index contributed by atoms with van der Waals surface area (Å²) >= 11 is 6.12. The van der Waals surface area contributed by atoms with Crippen LogP contribution in [0.15, 0.2) is 30.7 Å². The van der Waals surface area contributed by atoms with Gasteiger partial charge in [0.1, 0.15) is 0 Å². The summed E-state index contributed by atoms with van der Waals surface area (Å²) in [6.45, 7) is 0. The largest absolute Gasteiger partial charge is 0.260 e. The maximum atomic E-state index is 6.12. The average Bonchev–Trinajstić information content (AvgIpc) is 2.39. The minimum absolute atomic E-state index is 0.196. The van der Waals surface area contributed by atoms with Gasteiger partial charge in [-0.25, -0.2) is 4.98 Å². The molecule has 1 aliphatic carbocycles. The van der Waals surface area contributed by atoms with Crippen LogP contribution in [0, 0.1) is 0 Å². The van der Waals surface area contributed by atoms with E-state index in [4.69, 9.17) is 11.6 Å². The van der Waals surface area contributed by atoms with Gasteiger partial charge in [0.15, 0.2) is 5.15 Å². The molecule has 2 aromatic rings. The van der Waals surface area contributed by atoms with Gasteiger partial charge in [-0.05, 0) is 30.9 Å². The highest BCUT2D eigenvalue weighted by Crippen LogP contribution is 2.36. The highest BCUT2D eigenvalue weighted by Gasteiger charge is 2.25. The first-order valence-corrected chi connectivity index (χ1v) is 6.14. The number of hydrogen-bond acceptors (Lipinski definition) is 3. The Kier molecular flexibility index (Phi) is 2.77. The van der Waals surface area contributed by atoms with Gasteiger partial charge in [0, 0.05) is 24.5 Å². The molecule has 0 fully saturated rings. The summed E-state index contributed by atoms with van der Waals surface area (Å²) in [4.78, 5) is 13.0. The van der Waals surface area contributed by atoms with Gasteiger partial charge >= 0.3 is 0 Å². The van der Waals surface area contributed by atoms with E-state index in [0.717, 1.165) is 30.7 Å². The summed E-state index contributed by atoms with van der Waals surface area (Å²) in [7, 11) is 0. The lowest BCUT2D eigenvalue weighted by atomic mass is 9.85. The fourth-order valence-corrected chi connectivity index (χ4v) is 2.68. The number of rotatable bonds is 1. The maximum absolute atomic E-state index is 6.12. The molecule has 1 aliphatic rings. The molecule has 0 radical (unpaired) electrons. The first-order chi connectivity index (χ1) is 8.36. The van der Waals surface area contributed by atoms with Crippen molar-refractivity contribution in [1.29, 1.82) is 0 Å². The molecule has 3 rings (SSSR count). The topological polar surface area (TPSA) is 38.7 Å². The third-order valence-electron chi connectivity index (χ3n) is 3.20. The number of pyridine rings is 1. The molecule has 0 N–H and O–H groups in total. The SMILES string of the molecule is Clc1nccnc1C1CCCc2cccnc21. The molecule has 86 valence electrons. The van der Waals surface area contributed by atoms with Gasteiger partial charge in [0.05, 0.1) is 11.4 Å². The minimum Gasteiger partial charge on any atom is -0.260 e. The summed E-state index contributed by atoms with van der Waals surface area (Å²) in [5, 5.41) is 0.496. The van der Waals surface area contributed by atoms with Gasteiger partial charge in [0.2, 0.25) is 0 Å². The molecule has 1 unspecified atom stereocenters. The molecule has 0 bridgehead atoms. The monoisotopic (exact) mass is 245 g/mol. The lowest BCUT2D eigenvalue weighted by Crippen LogP contribution is -2.14. The van der Waals surface area contributed by atoms with E-state index in [0.29, 0.717) is 5.15 Å². The Hall–Kier alpha value is -1.48. The van der Waals surface area contributed by atoms with Gasteiger partial charge in [-0.15, -0.1) is 0 Å². The summed E-state index contributed by atoms with van der Waals surface area (Å²) < 4.78 is 0. The fraction of sp³-hybridized carbons (Fsp3) is 0.308. The third kappa shape index (κ3) is 1.91. The van der Waals surface area contributed by atoms with Crippen molar-refractivity contribution in [3.05, 3.63) is 52.8 Å². The molecule has 1 atom stereocenters. The van der Waals surface area contributed by atoms with E-state index in [9.17, 15) is 0 Å². The van der Waals surface area contributed by atoms with Crippen LogP contribution in [0.1, 0.15) is 35.7 Å². The minimum atomic E-state index is 0.196. The molecule has 2 heterocycles. The second-order valence-electron chi connectivity index (χ2n) is 4.22. The van der Waals surface area contributed by atoms with Crippen molar-refractivity contribution >= 4 is 11.6 Å². The molecule has 0 saturated carbocycles. The van der Waals surface area contributed by atoms with Crippen molar-refractivity contribution in [2.75, 3.05) is 0 Å². The summed E-state index contributed by atoms with van der Waals surface area (Å²) in [5.74, 6) is 0.196. The van der Waals surface area contributed by atoms with Crippen molar-refractivity contribution in [2.24, 2.45) is 0 Å². The number of fused-ring (bicyclic) bond motifs is 1. The number of aryl methyl sites for hydroxylation is 1. The van der Waals surface area contributed by atoms with Crippen molar-refractivity contribution in [3.63, 3.8) is 0 Å². The zero-order chi connectivity index (χ0) is 11.7. The normalized spacial score (nSPS) is 18.8. The van der Waals surface area contributed by atoms with Crippen LogP contribution >= 0.6 is 11.6 Å². The number of halogens is 1. The van der Waals surface area contributed by atoms with Crippen molar-refractivity contribution in [3.8, 4) is 0 Å². The second-order valence-corrected chi connectivity index (χ2v) is 4.58. The zero-order valence-electron chi connectivity index (χ0n) is 9.31. The fourth-order valence-electron chi connectivity index (χ4n) is 2.44. The van der Waals surface area contributed by atoms with Crippen molar-refractivity contribution in [1.82, 2.24) is 15.0 Å². The molecule has 0 aromatic carbocycles. The Labute approximate surface area is 105 Å². The van der Waals surface area contributed by atoms with Crippen molar-refractivity contribution in [2.45, 2.75) is 25.2 Å². The highest BCUT2D eigenvalue weighted by atomic mass is 35.5. The molecule has 0 aliphatic heterocycles. The Morgan fingerprint density at radius 2 is 1.88 bits per heavy atom. The molecular weight excluding hydrogens is 234 g/mol. The van der Waals surface area contributed by atoms with Crippen LogP contribution in [0.2, 0.25) is 5.15 Å². The van der Waals surface area contributed by atoms with E-state index in [1.165, 1.54) is 5.56 Å². The molecule has 0 saturated heterocycles. The molecule has 17 heavy (non-hydrogen) atoms. The average molecular weight is 246 g/mol. The van der Waals surface area contributed by atoms with Gasteiger partial charge in [-0.2, -0.15) is 0 Å². The van der Waals surface area contributed by atoms with Gasteiger partial charge in [0.25, 0.3) is 0 Å². The van der Waals surface area contributed by atoms with Gasteiger partial charge in [-0.3, -0.25) is 9.97 Å². The van der Waals surface area contributed by atoms with Gasteiger partial charge in [-0.1, -0.05) is 17.7 Å². The van der Waals surface area contributed by atoms with E-state index >= 15 is 0 Å². The third-order valence-corrected chi connectivity index (χ3v) is 3.50. The van der Waals surface area contributed by atoms with E-state index in [1.54, 1.807) is 12.4 Å². The molecule has 3 nitrogen and oxygen atoms in total. The van der Waals surface area contributed by atoms with Crippen LogP contribution in [-0.4, -0.2) is 15.0 Å². The molecule has 0 spiro atoms. The number of hydrogen-bond donors (Lipinski definition) is 0. The van der Waals surface area contributed by atoms with E-state index in [1.807, 2.05) is 12.3 Å². The Morgan fingerprint density at radius 3 is 2.76 bits per heavy atom. The predicted octanol–water partition coefficient (Wildman–Crippen LogP) is 2.99. The van der Waals surface area contributed by atoms with Crippen LogP contribution in [0.3, 0.4) is 0 Å². The predicted molar refractivity (Wildman–Crippen MR) is 66.1 cm³/mol. The van der Waals surface area contributed by atoms with Crippen molar-refractivity contribution < 1.29 is 0 Å². The summed E-state index contributed by atoms with van der Waals surface area (Å²) in [5.41, 5.74) is 3.28. The molecule has 4 heteroatoms. The van der Waals surface area contributed by atoms with E-state index < -0.39 is 0 Å². The van der Waals surface area contributed by atoms with E-state index in [2.05, 4.69) is 21.0 Å². The first-order valence-electron chi connectivity index (χ1n) is 5.76.